The number of likely N-dealkylation sites (tertiary alicyclic amines) is 1. The average Bonchev–Trinajstić information content (AvgIpc) is 2.36. The standard InChI is InChI=1S/C9H19N.C2H6/c1-4-5-9(2)6-7-10(3)8-9;1-2/h4-8H2,1-3H3;1-2H3. The van der Waals surface area contributed by atoms with Crippen LogP contribution in [-0.4, -0.2) is 25.0 Å². The molecule has 1 rings (SSSR count). The van der Waals surface area contributed by atoms with Crippen LogP contribution in [0.3, 0.4) is 0 Å². The smallest absolute Gasteiger partial charge is 0.00328 e. The zero-order chi connectivity index (χ0) is 9.61. The van der Waals surface area contributed by atoms with Gasteiger partial charge in [-0.1, -0.05) is 34.1 Å². The Hall–Kier alpha value is -0.0400. The summed E-state index contributed by atoms with van der Waals surface area (Å²) < 4.78 is 0. The molecule has 0 radical (unpaired) electrons. The molecule has 0 bridgehead atoms. The maximum absolute atomic E-state index is 2.44. The van der Waals surface area contributed by atoms with E-state index in [1.54, 1.807) is 0 Å². The first-order valence-corrected chi connectivity index (χ1v) is 5.35. The Bertz CT molecular complexity index is 108. The van der Waals surface area contributed by atoms with Crippen LogP contribution in [0.4, 0.5) is 0 Å². The largest absolute Gasteiger partial charge is 0.306 e. The molecule has 1 unspecified atom stereocenters. The van der Waals surface area contributed by atoms with E-state index < -0.39 is 0 Å². The van der Waals surface area contributed by atoms with Gasteiger partial charge in [0.05, 0.1) is 0 Å². The lowest BCUT2D eigenvalue weighted by molar-refractivity contribution is 0.287. The van der Waals surface area contributed by atoms with Crippen molar-refractivity contribution in [2.24, 2.45) is 5.41 Å². The second kappa shape index (κ2) is 5.58. The minimum atomic E-state index is 0.642. The van der Waals surface area contributed by atoms with E-state index in [4.69, 9.17) is 0 Å². The van der Waals surface area contributed by atoms with Crippen molar-refractivity contribution in [3.8, 4) is 0 Å². The summed E-state index contributed by atoms with van der Waals surface area (Å²) in [5.74, 6) is 0. The molecule has 1 nitrogen and oxygen atoms in total. The molecule has 1 aliphatic heterocycles. The summed E-state index contributed by atoms with van der Waals surface area (Å²) in [5, 5.41) is 0. The van der Waals surface area contributed by atoms with Gasteiger partial charge in [-0.05, 0) is 31.8 Å². The Kier molecular flexibility index (Phi) is 5.56. The lowest BCUT2D eigenvalue weighted by atomic mass is 9.85. The van der Waals surface area contributed by atoms with E-state index in [0.29, 0.717) is 5.41 Å². The predicted molar refractivity (Wildman–Crippen MR) is 56.5 cm³/mol. The first kappa shape index (κ1) is 12.0. The Morgan fingerprint density at radius 3 is 2.25 bits per heavy atom. The predicted octanol–water partition coefficient (Wildman–Crippen LogP) is 3.15. The van der Waals surface area contributed by atoms with Crippen LogP contribution in [0.15, 0.2) is 0 Å². The molecule has 0 aliphatic carbocycles. The fourth-order valence-corrected chi connectivity index (χ4v) is 2.08. The quantitative estimate of drug-likeness (QED) is 0.617. The van der Waals surface area contributed by atoms with E-state index >= 15 is 0 Å². The first-order chi connectivity index (χ1) is 5.66. The van der Waals surface area contributed by atoms with E-state index in [2.05, 4.69) is 25.8 Å². The van der Waals surface area contributed by atoms with Crippen LogP contribution in [0.2, 0.25) is 0 Å². The fourth-order valence-electron chi connectivity index (χ4n) is 2.08. The first-order valence-electron chi connectivity index (χ1n) is 5.35. The molecule has 0 amide bonds. The van der Waals surface area contributed by atoms with Gasteiger partial charge in [0.2, 0.25) is 0 Å². The van der Waals surface area contributed by atoms with E-state index in [9.17, 15) is 0 Å². The molecule has 0 saturated carbocycles. The van der Waals surface area contributed by atoms with Gasteiger partial charge in [-0.15, -0.1) is 0 Å². The third-order valence-electron chi connectivity index (χ3n) is 2.60. The Labute approximate surface area is 78.1 Å². The molecule has 1 saturated heterocycles. The van der Waals surface area contributed by atoms with Gasteiger partial charge in [-0.2, -0.15) is 0 Å². The summed E-state index contributed by atoms with van der Waals surface area (Å²) in [5.41, 5.74) is 0.642. The zero-order valence-electron chi connectivity index (χ0n) is 9.48. The van der Waals surface area contributed by atoms with Crippen LogP contribution in [0.5, 0.6) is 0 Å². The Morgan fingerprint density at radius 1 is 1.33 bits per heavy atom. The van der Waals surface area contributed by atoms with Crippen LogP contribution in [0, 0.1) is 5.41 Å². The van der Waals surface area contributed by atoms with E-state index in [0.717, 1.165) is 0 Å². The molecule has 74 valence electrons. The van der Waals surface area contributed by atoms with Gasteiger partial charge in [-0.25, -0.2) is 0 Å². The number of rotatable bonds is 2. The second-order valence-corrected chi connectivity index (χ2v) is 4.05. The monoisotopic (exact) mass is 171 g/mol. The summed E-state index contributed by atoms with van der Waals surface area (Å²) in [7, 11) is 2.22. The van der Waals surface area contributed by atoms with Crippen LogP contribution >= 0.6 is 0 Å². The van der Waals surface area contributed by atoms with E-state index in [1.165, 1.54) is 32.4 Å². The van der Waals surface area contributed by atoms with Crippen molar-refractivity contribution in [3.63, 3.8) is 0 Å². The summed E-state index contributed by atoms with van der Waals surface area (Å²) in [4.78, 5) is 2.44. The van der Waals surface area contributed by atoms with Crippen LogP contribution in [0.25, 0.3) is 0 Å². The van der Waals surface area contributed by atoms with Gasteiger partial charge >= 0.3 is 0 Å². The minimum absolute atomic E-state index is 0.642. The van der Waals surface area contributed by atoms with Crippen molar-refractivity contribution in [1.82, 2.24) is 4.90 Å². The van der Waals surface area contributed by atoms with Gasteiger partial charge in [0.1, 0.15) is 0 Å². The number of nitrogens with zero attached hydrogens (tertiary/aromatic N) is 1. The van der Waals surface area contributed by atoms with Crippen molar-refractivity contribution in [1.29, 1.82) is 0 Å². The van der Waals surface area contributed by atoms with Crippen LogP contribution in [0.1, 0.15) is 47.0 Å². The molecule has 12 heavy (non-hydrogen) atoms. The number of hydrogen-bond acceptors (Lipinski definition) is 1. The summed E-state index contributed by atoms with van der Waals surface area (Å²) in [6.07, 6.45) is 4.14. The SMILES string of the molecule is CC.CCCC1(C)CCN(C)C1. The molecule has 1 fully saturated rings. The lowest BCUT2D eigenvalue weighted by Gasteiger charge is -2.22. The van der Waals surface area contributed by atoms with E-state index in [1.807, 2.05) is 13.8 Å². The van der Waals surface area contributed by atoms with Gasteiger partial charge in [-0.3, -0.25) is 0 Å². The van der Waals surface area contributed by atoms with Gasteiger partial charge in [0, 0.05) is 6.54 Å². The van der Waals surface area contributed by atoms with Crippen molar-refractivity contribution in [2.45, 2.75) is 47.0 Å². The topological polar surface area (TPSA) is 3.24 Å². The second-order valence-electron chi connectivity index (χ2n) is 4.05. The van der Waals surface area contributed by atoms with Crippen LogP contribution < -0.4 is 0 Å². The normalized spacial score (nSPS) is 29.8. The molecule has 0 aromatic carbocycles. The highest BCUT2D eigenvalue weighted by Gasteiger charge is 2.30. The molecule has 0 N–H and O–H groups in total. The van der Waals surface area contributed by atoms with Gasteiger partial charge < -0.3 is 4.90 Å². The average molecular weight is 171 g/mol. The molecule has 1 atom stereocenters. The minimum Gasteiger partial charge on any atom is -0.306 e. The Balaban J connectivity index is 0.000000561. The van der Waals surface area contributed by atoms with Gasteiger partial charge in [0.15, 0.2) is 0 Å². The summed E-state index contributed by atoms with van der Waals surface area (Å²) >= 11 is 0. The summed E-state index contributed by atoms with van der Waals surface area (Å²) in [6.45, 7) is 11.3. The third-order valence-corrected chi connectivity index (χ3v) is 2.60. The molecule has 0 spiro atoms. The third kappa shape index (κ3) is 3.57. The molecule has 1 heterocycles. The molecule has 1 heteroatoms. The highest BCUT2D eigenvalue weighted by Crippen LogP contribution is 2.33. The highest BCUT2D eigenvalue weighted by molar-refractivity contribution is 4.83. The maximum atomic E-state index is 2.44. The molecular formula is C11H25N. The fraction of sp³-hybridized carbons (Fsp3) is 1.00. The van der Waals surface area contributed by atoms with Crippen molar-refractivity contribution >= 4 is 0 Å². The highest BCUT2D eigenvalue weighted by atomic mass is 15.1. The lowest BCUT2D eigenvalue weighted by Crippen LogP contribution is -2.21. The Morgan fingerprint density at radius 2 is 1.92 bits per heavy atom. The zero-order valence-corrected chi connectivity index (χ0v) is 9.48. The van der Waals surface area contributed by atoms with Crippen molar-refractivity contribution in [3.05, 3.63) is 0 Å². The maximum Gasteiger partial charge on any atom is 0.00328 e. The molecule has 0 aromatic heterocycles. The van der Waals surface area contributed by atoms with Gasteiger partial charge in [0.25, 0.3) is 0 Å². The van der Waals surface area contributed by atoms with Crippen molar-refractivity contribution in [2.75, 3.05) is 20.1 Å². The molecule has 0 aromatic rings. The van der Waals surface area contributed by atoms with E-state index in [-0.39, 0.29) is 0 Å². The van der Waals surface area contributed by atoms with Crippen LogP contribution in [-0.2, 0) is 0 Å². The molecular weight excluding hydrogens is 146 g/mol. The summed E-state index contributed by atoms with van der Waals surface area (Å²) in [6, 6.07) is 0. The number of hydrogen-bond donors (Lipinski definition) is 0. The molecule has 1 aliphatic rings. The van der Waals surface area contributed by atoms with Crippen molar-refractivity contribution < 1.29 is 0 Å².